The monoisotopic (exact) mass is 814 g/mol. The number of aliphatic hydroxyl groups excluding tert-OH is 1. The van der Waals surface area contributed by atoms with Crippen molar-refractivity contribution >= 4 is 46.3 Å². The molecule has 1 aromatic heterocycles. The van der Waals surface area contributed by atoms with Crippen LogP contribution in [0.1, 0.15) is 105 Å². The fourth-order valence-corrected chi connectivity index (χ4v) is 7.32. The number of hydrogen-bond acceptors (Lipinski definition) is 7. The Kier molecular flexibility index (Phi) is 17.7. The van der Waals surface area contributed by atoms with Crippen LogP contribution in [-0.4, -0.2) is 54.0 Å². The number of nitrogens with one attached hydrogen (secondary N) is 1. The number of aliphatic hydroxyl groups is 1. The van der Waals surface area contributed by atoms with Gasteiger partial charge in [0, 0.05) is 29.9 Å². The molecule has 1 heterocycles. The van der Waals surface area contributed by atoms with E-state index >= 15 is 0 Å². The normalized spacial score (nSPS) is 11.4. The van der Waals surface area contributed by atoms with Crippen LogP contribution in [0.4, 0.5) is 17.1 Å². The number of unbranched alkanes of at least 4 members (excludes halogenated alkanes) is 9. The minimum Gasteiger partial charge on any atom is -0.462 e. The zero-order valence-electron chi connectivity index (χ0n) is 35.1. The number of ether oxygens (including phenoxy) is 1. The molecule has 0 aliphatic rings. The van der Waals surface area contributed by atoms with E-state index in [0.29, 0.717) is 30.2 Å². The maximum atomic E-state index is 14.6. The summed E-state index contributed by atoms with van der Waals surface area (Å²) in [6, 6.07) is 32.5. The lowest BCUT2D eigenvalue weighted by Gasteiger charge is -2.22. The lowest BCUT2D eigenvalue weighted by molar-refractivity contribution is -0.110. The van der Waals surface area contributed by atoms with Gasteiger partial charge in [-0.2, -0.15) is 0 Å². The van der Waals surface area contributed by atoms with Gasteiger partial charge in [0.05, 0.1) is 46.6 Å². The molecular formula is C50H59ClN4O4. The Bertz CT molecular complexity index is 2160. The van der Waals surface area contributed by atoms with Crippen LogP contribution in [0.2, 0.25) is 5.02 Å². The minimum absolute atomic E-state index is 0.0334. The fraction of sp³-hybridized carbons (Fsp3) is 0.360. The number of likely N-dealkylation sites (N-methyl/N-ethyl adjacent to an activating group) is 1. The number of amides is 1. The minimum atomic E-state index is -0.538. The molecule has 0 aliphatic heterocycles. The summed E-state index contributed by atoms with van der Waals surface area (Å²) < 4.78 is 5.63. The molecule has 9 heteroatoms. The van der Waals surface area contributed by atoms with Gasteiger partial charge in [0.15, 0.2) is 5.71 Å². The van der Waals surface area contributed by atoms with E-state index in [1.165, 1.54) is 44.9 Å². The number of halogens is 1. The first kappa shape index (κ1) is 44.8. The summed E-state index contributed by atoms with van der Waals surface area (Å²) in [7, 11) is 0. The Hall–Kier alpha value is -5.31. The van der Waals surface area contributed by atoms with E-state index in [4.69, 9.17) is 26.3 Å². The van der Waals surface area contributed by atoms with Crippen molar-refractivity contribution in [2.75, 3.05) is 36.5 Å². The van der Waals surface area contributed by atoms with Crippen molar-refractivity contribution in [3.8, 4) is 22.4 Å². The number of carbonyl (C=O) groups is 2. The lowest BCUT2D eigenvalue weighted by atomic mass is 9.95. The number of nitrogens with zero attached hydrogens (tertiary/aromatic N) is 3. The van der Waals surface area contributed by atoms with Gasteiger partial charge in [-0.3, -0.25) is 4.79 Å². The Balaban J connectivity index is 1.43. The van der Waals surface area contributed by atoms with Crippen molar-refractivity contribution in [1.29, 1.82) is 0 Å². The molecule has 0 aliphatic carbocycles. The van der Waals surface area contributed by atoms with Crippen molar-refractivity contribution in [2.24, 2.45) is 4.99 Å². The molecule has 0 fully saturated rings. The van der Waals surface area contributed by atoms with E-state index < -0.39 is 11.9 Å². The van der Waals surface area contributed by atoms with Crippen LogP contribution in [0.15, 0.2) is 108 Å². The van der Waals surface area contributed by atoms with Crippen LogP contribution in [0, 0.1) is 13.8 Å². The first-order valence-corrected chi connectivity index (χ1v) is 21.6. The zero-order valence-corrected chi connectivity index (χ0v) is 35.9. The zero-order chi connectivity index (χ0) is 42.0. The van der Waals surface area contributed by atoms with Crippen LogP contribution < -0.4 is 10.2 Å². The first-order chi connectivity index (χ1) is 28.7. The number of aryl methyl sites for hydroxylation is 2. The molecular weight excluding hydrogens is 756 g/mol. The number of aromatic nitrogens is 1. The number of pyridine rings is 1. The van der Waals surface area contributed by atoms with Crippen molar-refractivity contribution in [1.82, 2.24) is 4.98 Å². The number of hydrogen-bond donors (Lipinski definition) is 2. The number of benzene rings is 4. The molecule has 0 bridgehead atoms. The van der Waals surface area contributed by atoms with E-state index in [-0.39, 0.29) is 28.6 Å². The van der Waals surface area contributed by atoms with Crippen molar-refractivity contribution in [3.63, 3.8) is 0 Å². The second-order valence-corrected chi connectivity index (χ2v) is 15.4. The number of rotatable bonds is 22. The topological polar surface area (TPSA) is 104 Å². The highest BCUT2D eigenvalue weighted by Crippen LogP contribution is 2.34. The molecule has 4 aromatic carbocycles. The summed E-state index contributed by atoms with van der Waals surface area (Å²) in [5, 5.41) is 12.9. The average Bonchev–Trinajstić information content (AvgIpc) is 3.25. The molecule has 0 atom stereocenters. The number of carbonyl (C=O) groups excluding carboxylic acids is 2. The molecule has 59 heavy (non-hydrogen) atoms. The molecule has 0 saturated carbocycles. The molecule has 2 N–H and O–H groups in total. The summed E-state index contributed by atoms with van der Waals surface area (Å²) in [6.07, 6.45) is 11.9. The third kappa shape index (κ3) is 12.8. The van der Waals surface area contributed by atoms with E-state index in [9.17, 15) is 14.7 Å². The van der Waals surface area contributed by atoms with E-state index in [1.807, 2.05) is 106 Å². The summed E-state index contributed by atoms with van der Waals surface area (Å²) in [6.45, 7) is 9.73. The van der Waals surface area contributed by atoms with E-state index in [2.05, 4.69) is 17.1 Å². The highest BCUT2D eigenvalue weighted by Gasteiger charge is 2.24. The Labute approximate surface area is 355 Å². The molecule has 5 rings (SSSR count). The third-order valence-corrected chi connectivity index (χ3v) is 10.8. The smallest absolute Gasteiger partial charge is 0.338 e. The predicted molar refractivity (Wildman–Crippen MR) is 244 cm³/mol. The summed E-state index contributed by atoms with van der Waals surface area (Å²) in [5.41, 5.74) is 7.69. The molecule has 0 spiro atoms. The van der Waals surface area contributed by atoms with Crippen molar-refractivity contribution in [3.05, 3.63) is 131 Å². The van der Waals surface area contributed by atoms with Gasteiger partial charge in [-0.15, -0.1) is 0 Å². The average molecular weight is 815 g/mol. The Morgan fingerprint density at radius 1 is 0.763 bits per heavy atom. The van der Waals surface area contributed by atoms with Crippen molar-refractivity contribution in [2.45, 2.75) is 91.9 Å². The second kappa shape index (κ2) is 23.3. The largest absolute Gasteiger partial charge is 0.462 e. The summed E-state index contributed by atoms with van der Waals surface area (Å²) in [5.74, 6) is -1.01. The van der Waals surface area contributed by atoms with Crippen LogP contribution in [0.3, 0.4) is 0 Å². The molecule has 5 aromatic rings. The van der Waals surface area contributed by atoms with Crippen molar-refractivity contribution < 1.29 is 19.4 Å². The van der Waals surface area contributed by atoms with Crippen LogP contribution in [0.5, 0.6) is 0 Å². The van der Waals surface area contributed by atoms with Crippen LogP contribution in [-0.2, 0) is 9.53 Å². The second-order valence-electron chi connectivity index (χ2n) is 15.0. The summed E-state index contributed by atoms with van der Waals surface area (Å²) in [4.78, 5) is 40.1. The summed E-state index contributed by atoms with van der Waals surface area (Å²) >= 11 is 6.67. The standard InChI is InChI=1S/C50H59ClN4O4/c1-5-7-8-9-10-11-12-13-14-21-32-59-50(58)40-26-28-43(51)45(35-40)53-49(57)48(52-44-29-27-41(33-36(44)3)55(6-2)30-31-56)46-37(4)34-42(38-22-17-15-18-23-38)47(54-46)39-24-19-16-20-25-39/h15-20,22-29,33-35,56H,5-14,21,30-32H2,1-4H3,(H,53,57). The van der Waals surface area contributed by atoms with Gasteiger partial charge < -0.3 is 20.1 Å². The predicted octanol–water partition coefficient (Wildman–Crippen LogP) is 12.3. The molecule has 0 saturated heterocycles. The Morgan fingerprint density at radius 2 is 1.41 bits per heavy atom. The molecule has 0 unspecified atom stereocenters. The maximum Gasteiger partial charge on any atom is 0.338 e. The van der Waals surface area contributed by atoms with Gasteiger partial charge in [0.1, 0.15) is 0 Å². The van der Waals surface area contributed by atoms with E-state index in [1.54, 1.807) is 18.2 Å². The van der Waals surface area contributed by atoms with Crippen LogP contribution in [0.25, 0.3) is 22.4 Å². The quantitative estimate of drug-likeness (QED) is 0.0410. The van der Waals surface area contributed by atoms with Gasteiger partial charge in [0.2, 0.25) is 0 Å². The van der Waals surface area contributed by atoms with Gasteiger partial charge in [-0.25, -0.2) is 14.8 Å². The Morgan fingerprint density at radius 3 is 2.03 bits per heavy atom. The molecule has 0 radical (unpaired) electrons. The first-order valence-electron chi connectivity index (χ1n) is 21.2. The molecule has 310 valence electrons. The van der Waals surface area contributed by atoms with Gasteiger partial charge in [-0.1, -0.05) is 137 Å². The molecule has 8 nitrogen and oxygen atoms in total. The van der Waals surface area contributed by atoms with Gasteiger partial charge >= 0.3 is 5.97 Å². The van der Waals surface area contributed by atoms with E-state index in [0.717, 1.165) is 59.3 Å². The number of esters is 1. The third-order valence-electron chi connectivity index (χ3n) is 10.5. The highest BCUT2D eigenvalue weighted by atomic mass is 35.5. The number of anilines is 2. The van der Waals surface area contributed by atoms with Gasteiger partial charge in [0.25, 0.3) is 5.91 Å². The maximum absolute atomic E-state index is 14.6. The van der Waals surface area contributed by atoms with Crippen LogP contribution >= 0.6 is 11.6 Å². The number of aliphatic imine (C=N–C) groups is 1. The molecule has 1 amide bonds. The lowest BCUT2D eigenvalue weighted by Crippen LogP contribution is -2.26. The SMILES string of the molecule is CCCCCCCCCCCCOC(=O)c1ccc(Cl)c(NC(=O)C(=Nc2ccc(N(CC)CCO)cc2C)c2nc(-c3ccccc3)c(-c3ccccc3)cc2C)c1. The van der Waals surface area contributed by atoms with Gasteiger partial charge in [-0.05, 0) is 86.3 Å². The highest BCUT2D eigenvalue weighted by molar-refractivity contribution is 6.50. The fourth-order valence-electron chi connectivity index (χ4n) is 7.16.